The van der Waals surface area contributed by atoms with E-state index >= 15 is 0 Å². The molecule has 2 aromatic carbocycles. The van der Waals surface area contributed by atoms with E-state index in [1.54, 1.807) is 12.1 Å². The molecule has 0 unspecified atom stereocenters. The lowest BCUT2D eigenvalue weighted by molar-refractivity contribution is 0.586. The number of anilines is 2. The Morgan fingerprint density at radius 1 is 1.05 bits per heavy atom. The van der Waals surface area contributed by atoms with Gasteiger partial charge in [0.1, 0.15) is 23.5 Å². The van der Waals surface area contributed by atoms with Crippen molar-refractivity contribution in [3.8, 4) is 6.07 Å². The minimum atomic E-state index is -0.742. The molecule has 0 aliphatic heterocycles. The van der Waals surface area contributed by atoms with E-state index in [2.05, 4.69) is 10.3 Å². The fourth-order valence-electron chi connectivity index (χ4n) is 2.01. The van der Waals surface area contributed by atoms with E-state index < -0.39 is 11.6 Å². The van der Waals surface area contributed by atoms with Crippen LogP contribution < -0.4 is 5.32 Å². The Balaban J connectivity index is 2.09. The monoisotopic (exact) mass is 281 g/mol. The van der Waals surface area contributed by atoms with Crippen molar-refractivity contribution in [1.82, 2.24) is 4.98 Å². The third-order valence-electron chi connectivity index (χ3n) is 3.03. The first kappa shape index (κ1) is 13.0. The highest BCUT2D eigenvalue weighted by molar-refractivity contribution is 5.83. The molecule has 3 nitrogen and oxygen atoms in total. The first-order valence-corrected chi connectivity index (χ1v) is 6.19. The van der Waals surface area contributed by atoms with E-state index in [1.165, 1.54) is 6.07 Å². The van der Waals surface area contributed by atoms with E-state index in [0.29, 0.717) is 5.52 Å². The lowest BCUT2D eigenvalue weighted by Gasteiger charge is -2.09. The van der Waals surface area contributed by atoms with E-state index in [1.807, 2.05) is 24.3 Å². The van der Waals surface area contributed by atoms with Crippen molar-refractivity contribution in [2.75, 3.05) is 5.32 Å². The van der Waals surface area contributed by atoms with Gasteiger partial charge in [0, 0.05) is 11.5 Å². The molecule has 0 amide bonds. The van der Waals surface area contributed by atoms with Gasteiger partial charge in [-0.05, 0) is 24.3 Å². The molecule has 1 heterocycles. The van der Waals surface area contributed by atoms with Crippen LogP contribution in [0.2, 0.25) is 0 Å². The summed E-state index contributed by atoms with van der Waals surface area (Å²) in [6.45, 7) is 0. The summed E-state index contributed by atoms with van der Waals surface area (Å²) in [6.07, 6.45) is 0. The first-order valence-electron chi connectivity index (χ1n) is 6.19. The van der Waals surface area contributed by atoms with Gasteiger partial charge in [-0.3, -0.25) is 0 Å². The van der Waals surface area contributed by atoms with E-state index in [0.717, 1.165) is 17.5 Å². The van der Waals surface area contributed by atoms with Gasteiger partial charge < -0.3 is 5.32 Å². The van der Waals surface area contributed by atoms with Crippen LogP contribution in [0.15, 0.2) is 48.5 Å². The zero-order chi connectivity index (χ0) is 14.8. The molecule has 1 aromatic heterocycles. The molecular formula is C16H9F2N3. The number of rotatable bonds is 2. The van der Waals surface area contributed by atoms with Crippen LogP contribution in [-0.4, -0.2) is 4.98 Å². The van der Waals surface area contributed by atoms with Crippen LogP contribution in [0, 0.1) is 23.0 Å². The summed E-state index contributed by atoms with van der Waals surface area (Å²) in [5.74, 6) is -1.17. The van der Waals surface area contributed by atoms with Crippen LogP contribution >= 0.6 is 0 Å². The molecule has 0 spiro atoms. The molecule has 0 atom stereocenters. The third kappa shape index (κ3) is 2.51. The zero-order valence-corrected chi connectivity index (χ0v) is 10.8. The van der Waals surface area contributed by atoms with E-state index in [-0.39, 0.29) is 17.1 Å². The van der Waals surface area contributed by atoms with Crippen LogP contribution in [0.4, 0.5) is 20.3 Å². The molecule has 0 saturated heterocycles. The minimum Gasteiger partial charge on any atom is -0.337 e. The summed E-state index contributed by atoms with van der Waals surface area (Å²) in [7, 11) is 0. The SMILES string of the molecule is N#Cc1cc2ccccc2nc1Nc1ccc(F)cc1F. The van der Waals surface area contributed by atoms with Gasteiger partial charge >= 0.3 is 0 Å². The maximum absolute atomic E-state index is 13.7. The first-order chi connectivity index (χ1) is 10.2. The number of fused-ring (bicyclic) bond motifs is 1. The quantitative estimate of drug-likeness (QED) is 0.768. The van der Waals surface area contributed by atoms with Crippen LogP contribution in [0.1, 0.15) is 5.56 Å². The van der Waals surface area contributed by atoms with Gasteiger partial charge in [-0.1, -0.05) is 18.2 Å². The normalized spacial score (nSPS) is 10.3. The van der Waals surface area contributed by atoms with Gasteiger partial charge in [-0.15, -0.1) is 0 Å². The lowest BCUT2D eigenvalue weighted by atomic mass is 10.1. The highest BCUT2D eigenvalue weighted by Gasteiger charge is 2.10. The highest BCUT2D eigenvalue weighted by atomic mass is 19.1. The van der Waals surface area contributed by atoms with Crippen molar-refractivity contribution in [2.24, 2.45) is 0 Å². The standard InChI is InChI=1S/C16H9F2N3/c17-12-5-6-15(13(18)8-12)21-16-11(9-19)7-10-3-1-2-4-14(10)20-16/h1-8H,(H,20,21). The number of benzene rings is 2. The van der Waals surface area contributed by atoms with Crippen molar-refractivity contribution < 1.29 is 8.78 Å². The highest BCUT2D eigenvalue weighted by Crippen LogP contribution is 2.25. The summed E-state index contributed by atoms with van der Waals surface area (Å²) < 4.78 is 26.6. The molecule has 3 aromatic rings. The summed E-state index contributed by atoms with van der Waals surface area (Å²) in [5.41, 5.74) is 1.04. The minimum absolute atomic E-state index is 0.0654. The van der Waals surface area contributed by atoms with Gasteiger partial charge in [0.05, 0.1) is 16.8 Å². The molecule has 5 heteroatoms. The Labute approximate surface area is 119 Å². The predicted molar refractivity (Wildman–Crippen MR) is 76.1 cm³/mol. The maximum Gasteiger partial charge on any atom is 0.149 e. The molecule has 0 aliphatic rings. The molecule has 102 valence electrons. The topological polar surface area (TPSA) is 48.7 Å². The Morgan fingerprint density at radius 3 is 2.62 bits per heavy atom. The second kappa shape index (κ2) is 5.17. The predicted octanol–water partition coefficient (Wildman–Crippen LogP) is 4.13. The molecule has 3 rings (SSSR count). The van der Waals surface area contributed by atoms with Gasteiger partial charge in [-0.25, -0.2) is 13.8 Å². The number of hydrogen-bond donors (Lipinski definition) is 1. The molecule has 0 bridgehead atoms. The Hall–Kier alpha value is -3.00. The number of nitrogens with zero attached hydrogens (tertiary/aromatic N) is 2. The number of hydrogen-bond acceptors (Lipinski definition) is 3. The second-order valence-electron chi connectivity index (χ2n) is 4.44. The Kier molecular flexibility index (Phi) is 3.20. The van der Waals surface area contributed by atoms with Crippen LogP contribution in [0.3, 0.4) is 0 Å². The fraction of sp³-hybridized carbons (Fsp3) is 0. The molecule has 0 radical (unpaired) electrons. The maximum atomic E-state index is 13.7. The zero-order valence-electron chi connectivity index (χ0n) is 10.8. The fourth-order valence-corrected chi connectivity index (χ4v) is 2.01. The number of para-hydroxylation sites is 1. The summed E-state index contributed by atoms with van der Waals surface area (Å²) in [5, 5.41) is 12.7. The average Bonchev–Trinajstić information content (AvgIpc) is 2.49. The second-order valence-corrected chi connectivity index (χ2v) is 4.44. The molecule has 0 fully saturated rings. The van der Waals surface area contributed by atoms with Crippen molar-refractivity contribution in [3.05, 3.63) is 65.7 Å². The van der Waals surface area contributed by atoms with Crippen molar-refractivity contribution in [2.45, 2.75) is 0 Å². The van der Waals surface area contributed by atoms with Crippen LogP contribution in [0.25, 0.3) is 10.9 Å². The lowest BCUT2D eigenvalue weighted by Crippen LogP contribution is -2.00. The largest absolute Gasteiger partial charge is 0.337 e. The number of halogens is 2. The summed E-state index contributed by atoms with van der Waals surface area (Å²) in [4.78, 5) is 4.31. The van der Waals surface area contributed by atoms with Crippen LogP contribution in [0.5, 0.6) is 0 Å². The van der Waals surface area contributed by atoms with Crippen LogP contribution in [-0.2, 0) is 0 Å². The van der Waals surface area contributed by atoms with Gasteiger partial charge in [-0.2, -0.15) is 5.26 Å². The molecule has 21 heavy (non-hydrogen) atoms. The van der Waals surface area contributed by atoms with E-state index in [9.17, 15) is 14.0 Å². The smallest absolute Gasteiger partial charge is 0.149 e. The molecule has 0 aliphatic carbocycles. The number of aromatic nitrogens is 1. The molecule has 0 saturated carbocycles. The van der Waals surface area contributed by atoms with Crippen molar-refractivity contribution >= 4 is 22.4 Å². The Morgan fingerprint density at radius 2 is 1.86 bits per heavy atom. The van der Waals surface area contributed by atoms with E-state index in [4.69, 9.17) is 0 Å². The van der Waals surface area contributed by atoms with Crippen molar-refractivity contribution in [1.29, 1.82) is 5.26 Å². The molecule has 1 N–H and O–H groups in total. The summed E-state index contributed by atoms with van der Waals surface area (Å²) >= 11 is 0. The van der Waals surface area contributed by atoms with Gasteiger partial charge in [0.25, 0.3) is 0 Å². The number of nitrogens with one attached hydrogen (secondary N) is 1. The van der Waals surface area contributed by atoms with Gasteiger partial charge in [0.2, 0.25) is 0 Å². The average molecular weight is 281 g/mol. The van der Waals surface area contributed by atoms with Gasteiger partial charge in [0.15, 0.2) is 0 Å². The number of nitriles is 1. The molecular weight excluding hydrogens is 272 g/mol. The Bertz CT molecular complexity index is 869. The number of pyridine rings is 1. The summed E-state index contributed by atoms with van der Waals surface area (Å²) in [6, 6.07) is 14.2. The van der Waals surface area contributed by atoms with Crippen molar-refractivity contribution in [3.63, 3.8) is 0 Å². The third-order valence-corrected chi connectivity index (χ3v) is 3.03.